The van der Waals surface area contributed by atoms with Crippen molar-refractivity contribution in [2.45, 2.75) is 38.9 Å². The number of pyridine rings is 2. The van der Waals surface area contributed by atoms with E-state index in [0.29, 0.717) is 37.4 Å². The molecule has 2 N–H and O–H groups in total. The Kier molecular flexibility index (Phi) is 6.34. The molecule has 0 radical (unpaired) electrons. The maximum Gasteiger partial charge on any atom is 0.417 e. The van der Waals surface area contributed by atoms with E-state index in [9.17, 15) is 18.0 Å². The Hall–Kier alpha value is -3.07. The molecule has 1 aromatic carbocycles. The predicted molar refractivity (Wildman–Crippen MR) is 123 cm³/mol. The van der Waals surface area contributed by atoms with Crippen molar-refractivity contribution in [1.29, 1.82) is 0 Å². The Morgan fingerprint density at radius 1 is 1.15 bits per heavy atom. The van der Waals surface area contributed by atoms with Gasteiger partial charge in [0.1, 0.15) is 5.82 Å². The van der Waals surface area contributed by atoms with Crippen LogP contribution in [0.4, 0.5) is 29.5 Å². The summed E-state index contributed by atoms with van der Waals surface area (Å²) >= 11 is 6.06. The second-order valence-electron chi connectivity index (χ2n) is 8.14. The Morgan fingerprint density at radius 3 is 2.55 bits per heavy atom. The number of hydrogen-bond donors (Lipinski definition) is 2. The quantitative estimate of drug-likeness (QED) is 0.507. The largest absolute Gasteiger partial charge is 0.417 e. The lowest BCUT2D eigenvalue weighted by atomic mass is 10.0. The number of rotatable bonds is 3. The molecule has 0 bridgehead atoms. The third kappa shape index (κ3) is 5.13. The number of anilines is 2. The maximum absolute atomic E-state index is 12.8. The first-order valence-corrected chi connectivity index (χ1v) is 10.9. The minimum atomic E-state index is -4.49. The number of fused-ring (bicyclic) bond motifs is 1. The monoisotopic (exact) mass is 477 g/mol. The summed E-state index contributed by atoms with van der Waals surface area (Å²) in [5.41, 5.74) is 1.60. The number of hydrogen-bond acceptors (Lipinski definition) is 4. The SMILES string of the molecule is Cc1cc2c(NC(=O)NC3CCN(c4ncc(C(F)(F)F)cc4Cl)CC3)cccc2c(C)n1. The highest BCUT2D eigenvalue weighted by molar-refractivity contribution is 6.33. The van der Waals surface area contributed by atoms with Crippen LogP contribution in [0.2, 0.25) is 5.02 Å². The van der Waals surface area contributed by atoms with Gasteiger partial charge in [0, 0.05) is 47.5 Å². The van der Waals surface area contributed by atoms with Gasteiger partial charge in [-0.2, -0.15) is 13.2 Å². The lowest BCUT2D eigenvalue weighted by Crippen LogP contribution is -2.46. The van der Waals surface area contributed by atoms with Crippen molar-refractivity contribution in [3.63, 3.8) is 0 Å². The molecule has 0 spiro atoms. The minimum absolute atomic E-state index is 0.0370. The molecule has 0 atom stereocenters. The van der Waals surface area contributed by atoms with Crippen molar-refractivity contribution in [2.75, 3.05) is 23.3 Å². The van der Waals surface area contributed by atoms with E-state index < -0.39 is 11.7 Å². The standard InChI is InChI=1S/C23H23ClF3N5O/c1-13-10-18-17(14(2)29-13)4-3-5-20(18)31-22(33)30-16-6-8-32(9-7-16)21-19(24)11-15(12-28-21)23(25,26)27/h3-5,10-12,16H,6-9H2,1-2H3,(H2,30,31,33). The highest BCUT2D eigenvalue weighted by Gasteiger charge is 2.32. The van der Waals surface area contributed by atoms with Crippen molar-refractivity contribution >= 4 is 39.9 Å². The molecule has 3 aromatic rings. The van der Waals surface area contributed by atoms with Crippen molar-refractivity contribution in [2.24, 2.45) is 0 Å². The summed E-state index contributed by atoms with van der Waals surface area (Å²) in [5.74, 6) is 0.322. The van der Waals surface area contributed by atoms with Gasteiger partial charge < -0.3 is 15.5 Å². The average Bonchev–Trinajstić information content (AvgIpc) is 2.74. The predicted octanol–water partition coefficient (Wildman–Crippen LogP) is 5.71. The van der Waals surface area contributed by atoms with Crippen LogP contribution < -0.4 is 15.5 Å². The molecular weight excluding hydrogens is 455 g/mol. The highest BCUT2D eigenvalue weighted by Crippen LogP contribution is 2.34. The molecule has 33 heavy (non-hydrogen) atoms. The number of benzene rings is 1. The first kappa shape index (κ1) is 23.1. The third-order valence-electron chi connectivity index (χ3n) is 5.72. The molecule has 4 rings (SSSR count). The molecule has 2 aromatic heterocycles. The molecule has 2 amide bonds. The van der Waals surface area contributed by atoms with Gasteiger partial charge in [-0.1, -0.05) is 23.7 Å². The first-order valence-electron chi connectivity index (χ1n) is 10.5. The Labute approximate surface area is 194 Å². The molecule has 0 unspecified atom stereocenters. The number of aromatic nitrogens is 2. The summed E-state index contributed by atoms with van der Waals surface area (Å²) < 4.78 is 38.5. The Bertz CT molecular complexity index is 1190. The zero-order chi connectivity index (χ0) is 23.8. The second kappa shape index (κ2) is 9.05. The number of piperidine rings is 1. The van der Waals surface area contributed by atoms with Gasteiger partial charge in [0.25, 0.3) is 0 Å². The summed E-state index contributed by atoms with van der Waals surface area (Å²) in [5, 5.41) is 7.78. The molecule has 1 aliphatic heterocycles. The van der Waals surface area contributed by atoms with Gasteiger partial charge in [-0.05, 0) is 44.9 Å². The fourth-order valence-electron chi connectivity index (χ4n) is 4.11. The fourth-order valence-corrected chi connectivity index (χ4v) is 4.39. The number of nitrogens with one attached hydrogen (secondary N) is 2. The van der Waals surface area contributed by atoms with Crippen LogP contribution in [-0.2, 0) is 6.18 Å². The number of carbonyl (C=O) groups excluding carboxylic acids is 1. The number of urea groups is 1. The number of halogens is 4. The average molecular weight is 478 g/mol. The summed E-state index contributed by atoms with van der Waals surface area (Å²) in [6.07, 6.45) is -2.46. The van der Waals surface area contributed by atoms with Gasteiger partial charge >= 0.3 is 12.2 Å². The number of nitrogens with zero attached hydrogens (tertiary/aromatic N) is 3. The summed E-state index contributed by atoms with van der Waals surface area (Å²) in [4.78, 5) is 22.9. The van der Waals surface area contributed by atoms with Crippen LogP contribution in [0.15, 0.2) is 36.5 Å². The summed E-state index contributed by atoms with van der Waals surface area (Å²) in [7, 11) is 0. The molecule has 3 heterocycles. The van der Waals surface area contributed by atoms with E-state index in [-0.39, 0.29) is 17.1 Å². The van der Waals surface area contributed by atoms with E-state index >= 15 is 0 Å². The van der Waals surface area contributed by atoms with Gasteiger partial charge in [-0.15, -0.1) is 0 Å². The molecular formula is C23H23ClF3N5O. The van der Waals surface area contributed by atoms with Gasteiger partial charge in [-0.25, -0.2) is 9.78 Å². The van der Waals surface area contributed by atoms with Crippen LogP contribution in [0.3, 0.4) is 0 Å². The molecule has 10 heteroatoms. The number of carbonyl (C=O) groups is 1. The van der Waals surface area contributed by atoms with E-state index in [4.69, 9.17) is 11.6 Å². The number of amides is 2. The van der Waals surface area contributed by atoms with Crippen LogP contribution in [-0.4, -0.2) is 35.1 Å². The maximum atomic E-state index is 12.8. The van der Waals surface area contributed by atoms with Crippen molar-refractivity contribution in [3.8, 4) is 0 Å². The Balaban J connectivity index is 1.37. The molecule has 174 valence electrons. The van der Waals surface area contributed by atoms with Gasteiger partial charge in [0.2, 0.25) is 0 Å². The molecule has 0 aliphatic carbocycles. The second-order valence-corrected chi connectivity index (χ2v) is 8.54. The normalized spacial score (nSPS) is 15.0. The van der Waals surface area contributed by atoms with E-state index in [1.54, 1.807) is 0 Å². The zero-order valence-corrected chi connectivity index (χ0v) is 18.9. The molecule has 1 aliphatic rings. The smallest absolute Gasteiger partial charge is 0.355 e. The van der Waals surface area contributed by atoms with E-state index in [1.165, 1.54) is 0 Å². The van der Waals surface area contributed by atoms with E-state index in [1.807, 2.05) is 43.0 Å². The highest BCUT2D eigenvalue weighted by atomic mass is 35.5. The van der Waals surface area contributed by atoms with Crippen molar-refractivity contribution < 1.29 is 18.0 Å². The van der Waals surface area contributed by atoms with Crippen LogP contribution in [0.5, 0.6) is 0 Å². The van der Waals surface area contributed by atoms with Crippen molar-refractivity contribution in [3.05, 3.63) is 58.5 Å². The minimum Gasteiger partial charge on any atom is -0.355 e. The van der Waals surface area contributed by atoms with E-state index in [0.717, 1.165) is 34.4 Å². The lowest BCUT2D eigenvalue weighted by Gasteiger charge is -2.33. The van der Waals surface area contributed by atoms with Gasteiger partial charge in [-0.3, -0.25) is 4.98 Å². The van der Waals surface area contributed by atoms with Gasteiger partial charge in [0.05, 0.1) is 16.3 Å². The molecule has 6 nitrogen and oxygen atoms in total. The molecule has 1 saturated heterocycles. The van der Waals surface area contributed by atoms with E-state index in [2.05, 4.69) is 20.6 Å². The Morgan fingerprint density at radius 2 is 1.88 bits per heavy atom. The lowest BCUT2D eigenvalue weighted by molar-refractivity contribution is -0.137. The molecule has 0 saturated carbocycles. The van der Waals surface area contributed by atoms with Crippen LogP contribution in [0, 0.1) is 13.8 Å². The van der Waals surface area contributed by atoms with Crippen molar-refractivity contribution in [1.82, 2.24) is 15.3 Å². The van der Waals surface area contributed by atoms with Crippen LogP contribution in [0.25, 0.3) is 10.8 Å². The number of aryl methyl sites for hydroxylation is 2. The van der Waals surface area contributed by atoms with Crippen LogP contribution in [0.1, 0.15) is 29.8 Å². The fraction of sp³-hybridized carbons (Fsp3) is 0.348. The topological polar surface area (TPSA) is 70.2 Å². The van der Waals surface area contributed by atoms with Crippen LogP contribution >= 0.6 is 11.6 Å². The summed E-state index contributed by atoms with van der Waals surface area (Å²) in [6.45, 7) is 4.88. The zero-order valence-electron chi connectivity index (χ0n) is 18.1. The first-order chi connectivity index (χ1) is 15.6. The third-order valence-corrected chi connectivity index (χ3v) is 6.00. The van der Waals surface area contributed by atoms with Gasteiger partial charge in [0.15, 0.2) is 0 Å². The summed E-state index contributed by atoms with van der Waals surface area (Å²) in [6, 6.07) is 8.15. The number of alkyl halides is 3. The molecule has 1 fully saturated rings.